The normalized spacial score (nSPS) is 15.7. The predicted octanol–water partition coefficient (Wildman–Crippen LogP) is 2.99. The van der Waals surface area contributed by atoms with Crippen LogP contribution in [-0.2, 0) is 16.1 Å². The van der Waals surface area contributed by atoms with Gasteiger partial charge in [-0.25, -0.2) is 0 Å². The Morgan fingerprint density at radius 2 is 2.03 bits per heavy atom. The van der Waals surface area contributed by atoms with Crippen molar-refractivity contribution in [3.8, 4) is 5.75 Å². The second-order valence-electron chi connectivity index (χ2n) is 6.95. The largest absolute Gasteiger partial charge is 0.481 e. The van der Waals surface area contributed by atoms with Crippen molar-refractivity contribution in [2.45, 2.75) is 26.0 Å². The van der Waals surface area contributed by atoms with E-state index in [1.54, 1.807) is 37.1 Å². The fourth-order valence-corrected chi connectivity index (χ4v) is 3.20. The van der Waals surface area contributed by atoms with Crippen molar-refractivity contribution >= 4 is 23.2 Å². The van der Waals surface area contributed by atoms with Gasteiger partial charge >= 0.3 is 0 Å². The molecule has 9 nitrogen and oxygen atoms in total. The number of carbonyl (C=O) groups excluding carboxylic acids is 2. The van der Waals surface area contributed by atoms with Gasteiger partial charge in [0.05, 0.1) is 4.92 Å². The van der Waals surface area contributed by atoms with Crippen LogP contribution in [0, 0.1) is 10.1 Å². The maximum Gasteiger partial charge on any atom is 0.269 e. The van der Waals surface area contributed by atoms with Gasteiger partial charge in [0.15, 0.2) is 6.10 Å². The van der Waals surface area contributed by atoms with Gasteiger partial charge in [0, 0.05) is 55.8 Å². The molecule has 0 aliphatic carbocycles. The van der Waals surface area contributed by atoms with E-state index in [2.05, 4.69) is 5.32 Å². The number of hydrogen-bond acceptors (Lipinski definition) is 6. The molecule has 0 spiro atoms. The molecule has 2 amide bonds. The monoisotopic (exact) mass is 413 g/mol. The molecule has 9 heteroatoms. The average molecular weight is 413 g/mol. The van der Waals surface area contributed by atoms with Gasteiger partial charge in [-0.1, -0.05) is 0 Å². The van der Waals surface area contributed by atoms with Crippen LogP contribution < -0.4 is 10.1 Å². The fraction of sp³-hybridized carbons (Fsp3) is 0.333. The molecule has 1 heterocycles. The fourth-order valence-electron chi connectivity index (χ4n) is 3.20. The van der Waals surface area contributed by atoms with Crippen LogP contribution in [0.2, 0.25) is 0 Å². The Morgan fingerprint density at radius 3 is 2.70 bits per heavy atom. The molecule has 0 bridgehead atoms. The number of anilines is 1. The SMILES string of the molecule is COCCCN1Cc2cc(NC(=O)c3ccc([N+](=O)[O-])cc3)ccc2O[C@H](C)C1=O. The van der Waals surface area contributed by atoms with E-state index < -0.39 is 11.0 Å². The number of methoxy groups -OCH3 is 1. The van der Waals surface area contributed by atoms with E-state index >= 15 is 0 Å². The number of rotatable bonds is 7. The number of fused-ring (bicyclic) bond motifs is 1. The molecule has 2 aromatic rings. The average Bonchev–Trinajstić information content (AvgIpc) is 2.85. The number of nitrogens with one attached hydrogen (secondary N) is 1. The molecule has 2 aromatic carbocycles. The van der Waals surface area contributed by atoms with Crippen LogP contribution in [0.3, 0.4) is 0 Å². The number of benzene rings is 2. The number of carbonyl (C=O) groups is 2. The zero-order chi connectivity index (χ0) is 21.7. The summed E-state index contributed by atoms with van der Waals surface area (Å²) in [5.74, 6) is 0.109. The van der Waals surface area contributed by atoms with Crippen molar-refractivity contribution in [2.24, 2.45) is 0 Å². The third kappa shape index (κ3) is 4.93. The smallest absolute Gasteiger partial charge is 0.269 e. The summed E-state index contributed by atoms with van der Waals surface area (Å²) in [6.07, 6.45) is 0.107. The molecule has 3 rings (SSSR count). The van der Waals surface area contributed by atoms with Gasteiger partial charge in [0.1, 0.15) is 5.75 Å². The van der Waals surface area contributed by atoms with Crippen molar-refractivity contribution in [1.29, 1.82) is 0 Å². The summed E-state index contributed by atoms with van der Waals surface area (Å²) in [6, 6.07) is 10.6. The first kappa shape index (κ1) is 21.3. The number of nitrogens with zero attached hydrogens (tertiary/aromatic N) is 2. The van der Waals surface area contributed by atoms with Crippen LogP contribution in [0.15, 0.2) is 42.5 Å². The van der Waals surface area contributed by atoms with Crippen LogP contribution in [0.5, 0.6) is 5.75 Å². The zero-order valence-corrected chi connectivity index (χ0v) is 16.8. The number of non-ortho nitro benzene ring substituents is 1. The molecule has 0 aromatic heterocycles. The highest BCUT2D eigenvalue weighted by Gasteiger charge is 2.27. The van der Waals surface area contributed by atoms with Gasteiger partial charge in [-0.15, -0.1) is 0 Å². The van der Waals surface area contributed by atoms with E-state index in [4.69, 9.17) is 9.47 Å². The maximum absolute atomic E-state index is 12.6. The van der Waals surface area contributed by atoms with Gasteiger partial charge in [-0.05, 0) is 43.7 Å². The van der Waals surface area contributed by atoms with Crippen LogP contribution in [0.4, 0.5) is 11.4 Å². The predicted molar refractivity (Wildman–Crippen MR) is 109 cm³/mol. The lowest BCUT2D eigenvalue weighted by atomic mass is 10.1. The lowest BCUT2D eigenvalue weighted by molar-refractivity contribution is -0.384. The topological polar surface area (TPSA) is 111 Å². The summed E-state index contributed by atoms with van der Waals surface area (Å²) in [5.41, 5.74) is 1.55. The Morgan fingerprint density at radius 1 is 1.30 bits per heavy atom. The number of ether oxygens (including phenoxy) is 2. The minimum atomic E-state index is -0.602. The Bertz CT molecular complexity index is 944. The van der Waals surface area contributed by atoms with Gasteiger partial charge in [0.25, 0.3) is 17.5 Å². The van der Waals surface area contributed by atoms with Crippen molar-refractivity contribution in [2.75, 3.05) is 25.6 Å². The molecule has 1 N–H and O–H groups in total. The second-order valence-corrected chi connectivity index (χ2v) is 6.95. The number of amides is 2. The second kappa shape index (κ2) is 9.36. The number of hydrogen-bond donors (Lipinski definition) is 1. The van der Waals surface area contributed by atoms with E-state index in [1.807, 2.05) is 0 Å². The summed E-state index contributed by atoms with van der Waals surface area (Å²) in [4.78, 5) is 37.0. The lowest BCUT2D eigenvalue weighted by Crippen LogP contribution is -2.38. The van der Waals surface area contributed by atoms with Crippen molar-refractivity contribution in [3.63, 3.8) is 0 Å². The Balaban J connectivity index is 1.76. The van der Waals surface area contributed by atoms with Gasteiger partial charge < -0.3 is 19.7 Å². The molecule has 0 radical (unpaired) electrons. The minimum Gasteiger partial charge on any atom is -0.481 e. The summed E-state index contributed by atoms with van der Waals surface area (Å²) < 4.78 is 10.9. The number of nitro groups is 1. The van der Waals surface area contributed by atoms with Crippen LogP contribution in [0.1, 0.15) is 29.3 Å². The van der Waals surface area contributed by atoms with E-state index in [0.29, 0.717) is 43.1 Å². The van der Waals surface area contributed by atoms with E-state index in [0.717, 1.165) is 5.56 Å². The highest BCUT2D eigenvalue weighted by Crippen LogP contribution is 2.29. The maximum atomic E-state index is 12.6. The summed E-state index contributed by atoms with van der Waals surface area (Å²) in [6.45, 7) is 3.17. The van der Waals surface area contributed by atoms with Crippen LogP contribution in [-0.4, -0.2) is 48.0 Å². The first-order valence-corrected chi connectivity index (χ1v) is 9.52. The zero-order valence-electron chi connectivity index (χ0n) is 16.8. The molecular weight excluding hydrogens is 390 g/mol. The molecule has 30 heavy (non-hydrogen) atoms. The van der Waals surface area contributed by atoms with Crippen molar-refractivity contribution in [3.05, 3.63) is 63.7 Å². The third-order valence-electron chi connectivity index (χ3n) is 4.76. The van der Waals surface area contributed by atoms with E-state index in [9.17, 15) is 19.7 Å². The molecule has 1 atom stereocenters. The van der Waals surface area contributed by atoms with Gasteiger partial charge in [0.2, 0.25) is 0 Å². The molecule has 158 valence electrons. The third-order valence-corrected chi connectivity index (χ3v) is 4.76. The van der Waals surface area contributed by atoms with Crippen LogP contribution in [0.25, 0.3) is 0 Å². The molecular formula is C21H23N3O6. The number of nitro benzene ring substituents is 1. The highest BCUT2D eigenvalue weighted by atomic mass is 16.6. The van der Waals surface area contributed by atoms with Crippen LogP contribution >= 0.6 is 0 Å². The molecule has 1 aliphatic heterocycles. The van der Waals surface area contributed by atoms with Crippen molar-refractivity contribution < 1.29 is 24.0 Å². The summed E-state index contributed by atoms with van der Waals surface area (Å²) >= 11 is 0. The summed E-state index contributed by atoms with van der Waals surface area (Å²) in [5, 5.41) is 13.5. The minimum absolute atomic E-state index is 0.0823. The first-order chi connectivity index (χ1) is 14.4. The molecule has 1 aliphatic rings. The van der Waals surface area contributed by atoms with Gasteiger partial charge in [-0.3, -0.25) is 19.7 Å². The molecule has 0 fully saturated rings. The Hall–Kier alpha value is -3.46. The Kier molecular flexibility index (Phi) is 6.63. The highest BCUT2D eigenvalue weighted by molar-refractivity contribution is 6.04. The molecule has 0 saturated heterocycles. The Labute approximate surface area is 173 Å². The van der Waals surface area contributed by atoms with E-state index in [-0.39, 0.29) is 17.5 Å². The van der Waals surface area contributed by atoms with Crippen molar-refractivity contribution in [1.82, 2.24) is 4.90 Å². The molecule has 0 unspecified atom stereocenters. The quantitative estimate of drug-likeness (QED) is 0.424. The van der Waals surface area contributed by atoms with E-state index in [1.165, 1.54) is 24.3 Å². The summed E-state index contributed by atoms with van der Waals surface area (Å²) in [7, 11) is 1.62. The lowest BCUT2D eigenvalue weighted by Gasteiger charge is -2.22. The van der Waals surface area contributed by atoms with Gasteiger partial charge in [-0.2, -0.15) is 0 Å². The first-order valence-electron chi connectivity index (χ1n) is 9.52. The standard InChI is InChI=1S/C21H23N3O6/c1-14-21(26)23(10-3-11-29-2)13-16-12-17(6-9-19(16)30-14)22-20(25)15-4-7-18(8-5-15)24(27)28/h4-9,12,14H,3,10-11,13H2,1-2H3,(H,22,25)/t14-/m1/s1. The molecule has 0 saturated carbocycles.